The molecule has 1 fully saturated rings. The van der Waals surface area contributed by atoms with Gasteiger partial charge >= 0.3 is 0 Å². The molecule has 5 heteroatoms. The summed E-state index contributed by atoms with van der Waals surface area (Å²) in [5.74, 6) is -0.221. The van der Waals surface area contributed by atoms with Gasteiger partial charge in [0, 0.05) is 44.4 Å². The van der Waals surface area contributed by atoms with Gasteiger partial charge in [-0.1, -0.05) is 12.1 Å². The highest BCUT2D eigenvalue weighted by Gasteiger charge is 2.29. The van der Waals surface area contributed by atoms with E-state index in [1.807, 2.05) is 12.1 Å². The number of benzene rings is 1. The molecule has 2 rings (SSSR count). The van der Waals surface area contributed by atoms with Crippen molar-refractivity contribution in [2.75, 3.05) is 25.5 Å². The number of nitrogens with two attached hydrogens (primary N) is 1. The molecule has 0 aliphatic carbocycles. The van der Waals surface area contributed by atoms with E-state index in [-0.39, 0.29) is 12.5 Å². The van der Waals surface area contributed by atoms with Crippen molar-refractivity contribution in [3.8, 4) is 0 Å². The summed E-state index contributed by atoms with van der Waals surface area (Å²) in [5.41, 5.74) is 6.33. The summed E-state index contributed by atoms with van der Waals surface area (Å²) in [6.07, 6.45) is 4.26. The Hall–Kier alpha value is -1.85. The second kappa shape index (κ2) is 6.54. The van der Waals surface area contributed by atoms with Crippen molar-refractivity contribution < 1.29 is 14.6 Å². The standard InChI is InChI=1S/C15H20N2O3/c16-13-4-1-12(2-5-13)3-6-14(18)17-11-15(19)7-9-20-10-8-15/h1-6,19H,7-11,16H2,(H,17,18)/b6-3+. The van der Waals surface area contributed by atoms with Crippen LogP contribution in [0.2, 0.25) is 0 Å². The van der Waals surface area contributed by atoms with Gasteiger partial charge in [-0.25, -0.2) is 0 Å². The van der Waals surface area contributed by atoms with E-state index >= 15 is 0 Å². The fraction of sp³-hybridized carbons (Fsp3) is 0.400. The zero-order valence-electron chi connectivity index (χ0n) is 11.3. The third-order valence-electron chi connectivity index (χ3n) is 3.38. The maximum absolute atomic E-state index is 11.7. The quantitative estimate of drug-likeness (QED) is 0.564. The van der Waals surface area contributed by atoms with E-state index in [1.165, 1.54) is 6.08 Å². The van der Waals surface area contributed by atoms with Crippen LogP contribution in [0.5, 0.6) is 0 Å². The van der Waals surface area contributed by atoms with E-state index in [9.17, 15) is 9.90 Å². The Morgan fingerprint density at radius 2 is 2.00 bits per heavy atom. The van der Waals surface area contributed by atoms with Gasteiger partial charge in [0.25, 0.3) is 0 Å². The van der Waals surface area contributed by atoms with Crippen LogP contribution in [0.15, 0.2) is 30.3 Å². The number of amides is 1. The Morgan fingerprint density at radius 1 is 1.35 bits per heavy atom. The molecule has 4 N–H and O–H groups in total. The molecule has 1 aliphatic rings. The van der Waals surface area contributed by atoms with Crippen LogP contribution in [-0.2, 0) is 9.53 Å². The van der Waals surface area contributed by atoms with Gasteiger partial charge in [0.1, 0.15) is 0 Å². The van der Waals surface area contributed by atoms with Gasteiger partial charge in [-0.05, 0) is 23.8 Å². The van der Waals surface area contributed by atoms with Crippen LogP contribution in [0, 0.1) is 0 Å². The molecule has 0 aromatic heterocycles. The van der Waals surface area contributed by atoms with Gasteiger partial charge in [0.05, 0.1) is 5.60 Å². The van der Waals surface area contributed by atoms with Crippen LogP contribution in [0.25, 0.3) is 6.08 Å². The second-order valence-electron chi connectivity index (χ2n) is 5.05. The van der Waals surface area contributed by atoms with Crippen molar-refractivity contribution in [3.63, 3.8) is 0 Å². The number of nitrogen functional groups attached to an aromatic ring is 1. The molecule has 1 amide bonds. The van der Waals surface area contributed by atoms with Crippen LogP contribution in [0.3, 0.4) is 0 Å². The average Bonchev–Trinajstić information content (AvgIpc) is 2.45. The van der Waals surface area contributed by atoms with Crippen molar-refractivity contribution >= 4 is 17.7 Å². The lowest BCUT2D eigenvalue weighted by Crippen LogP contribution is -2.46. The molecule has 0 atom stereocenters. The molecule has 1 heterocycles. The molecule has 1 aliphatic heterocycles. The van der Waals surface area contributed by atoms with Crippen LogP contribution >= 0.6 is 0 Å². The molecule has 0 bridgehead atoms. The number of nitrogens with one attached hydrogen (secondary N) is 1. The summed E-state index contributed by atoms with van der Waals surface area (Å²) >= 11 is 0. The number of carbonyl (C=O) groups excluding carboxylic acids is 1. The molecule has 1 aromatic carbocycles. The fourth-order valence-electron chi connectivity index (χ4n) is 2.02. The molecule has 5 nitrogen and oxygen atoms in total. The summed E-state index contributed by atoms with van der Waals surface area (Å²) in [4.78, 5) is 11.7. The highest BCUT2D eigenvalue weighted by molar-refractivity contribution is 5.91. The molecular formula is C15H20N2O3. The van der Waals surface area contributed by atoms with Gasteiger partial charge in [0.15, 0.2) is 0 Å². The Bertz CT molecular complexity index is 476. The smallest absolute Gasteiger partial charge is 0.244 e. The van der Waals surface area contributed by atoms with E-state index in [4.69, 9.17) is 10.5 Å². The minimum absolute atomic E-state index is 0.221. The first kappa shape index (κ1) is 14.6. The van der Waals surface area contributed by atoms with Crippen LogP contribution in [-0.4, -0.2) is 36.4 Å². The topological polar surface area (TPSA) is 84.6 Å². The summed E-state index contributed by atoms with van der Waals surface area (Å²) in [6.45, 7) is 1.32. The Labute approximate surface area is 118 Å². The molecule has 0 spiro atoms. The third kappa shape index (κ3) is 4.36. The summed E-state index contributed by atoms with van der Waals surface area (Å²) in [7, 11) is 0. The van der Waals surface area contributed by atoms with E-state index in [0.29, 0.717) is 31.7 Å². The predicted molar refractivity (Wildman–Crippen MR) is 77.9 cm³/mol. The number of aliphatic hydroxyl groups is 1. The minimum atomic E-state index is -0.844. The fourth-order valence-corrected chi connectivity index (χ4v) is 2.02. The number of rotatable bonds is 4. The first-order valence-corrected chi connectivity index (χ1v) is 6.69. The Balaban J connectivity index is 1.81. The lowest BCUT2D eigenvalue weighted by Gasteiger charge is -2.31. The van der Waals surface area contributed by atoms with Gasteiger partial charge in [-0.15, -0.1) is 0 Å². The molecule has 1 saturated heterocycles. The summed E-state index contributed by atoms with van der Waals surface area (Å²) in [6, 6.07) is 7.24. The number of hydrogen-bond acceptors (Lipinski definition) is 4. The molecule has 0 radical (unpaired) electrons. The van der Waals surface area contributed by atoms with Gasteiger partial charge in [-0.3, -0.25) is 4.79 Å². The monoisotopic (exact) mass is 276 g/mol. The summed E-state index contributed by atoms with van der Waals surface area (Å²) in [5, 5.41) is 12.9. The number of hydrogen-bond donors (Lipinski definition) is 3. The van der Waals surface area contributed by atoms with Gasteiger partial charge < -0.3 is 20.9 Å². The van der Waals surface area contributed by atoms with Crippen LogP contribution < -0.4 is 11.1 Å². The van der Waals surface area contributed by atoms with Crippen molar-refractivity contribution in [2.45, 2.75) is 18.4 Å². The highest BCUT2D eigenvalue weighted by Crippen LogP contribution is 2.19. The lowest BCUT2D eigenvalue weighted by atomic mass is 9.94. The zero-order chi connectivity index (χ0) is 14.4. The molecule has 108 valence electrons. The number of anilines is 1. The molecule has 20 heavy (non-hydrogen) atoms. The van der Waals surface area contributed by atoms with E-state index in [0.717, 1.165) is 5.56 Å². The lowest BCUT2D eigenvalue weighted by molar-refractivity contribution is -0.119. The third-order valence-corrected chi connectivity index (χ3v) is 3.38. The van der Waals surface area contributed by atoms with Crippen LogP contribution in [0.4, 0.5) is 5.69 Å². The van der Waals surface area contributed by atoms with Crippen molar-refractivity contribution in [1.29, 1.82) is 0 Å². The van der Waals surface area contributed by atoms with Crippen molar-refractivity contribution in [2.24, 2.45) is 0 Å². The highest BCUT2D eigenvalue weighted by atomic mass is 16.5. The Kier molecular flexibility index (Phi) is 4.76. The van der Waals surface area contributed by atoms with E-state index < -0.39 is 5.60 Å². The first-order chi connectivity index (χ1) is 9.57. The van der Waals surface area contributed by atoms with Crippen molar-refractivity contribution in [3.05, 3.63) is 35.9 Å². The minimum Gasteiger partial charge on any atom is -0.399 e. The van der Waals surface area contributed by atoms with Gasteiger partial charge in [-0.2, -0.15) is 0 Å². The maximum Gasteiger partial charge on any atom is 0.244 e. The predicted octanol–water partition coefficient (Wildman–Crippen LogP) is 0.940. The zero-order valence-corrected chi connectivity index (χ0v) is 11.3. The largest absolute Gasteiger partial charge is 0.399 e. The van der Waals surface area contributed by atoms with Crippen LogP contribution in [0.1, 0.15) is 18.4 Å². The molecule has 1 aromatic rings. The first-order valence-electron chi connectivity index (χ1n) is 6.69. The number of ether oxygens (including phenoxy) is 1. The Morgan fingerprint density at radius 3 is 2.65 bits per heavy atom. The van der Waals surface area contributed by atoms with E-state index in [1.54, 1.807) is 18.2 Å². The SMILES string of the molecule is Nc1ccc(/C=C/C(=O)NCC2(O)CCOCC2)cc1. The molecular weight excluding hydrogens is 256 g/mol. The molecule has 0 unspecified atom stereocenters. The summed E-state index contributed by atoms with van der Waals surface area (Å²) < 4.78 is 5.19. The van der Waals surface area contributed by atoms with Gasteiger partial charge in [0.2, 0.25) is 5.91 Å². The van der Waals surface area contributed by atoms with Crippen molar-refractivity contribution in [1.82, 2.24) is 5.32 Å². The molecule has 0 saturated carbocycles. The number of carbonyl (C=O) groups is 1. The maximum atomic E-state index is 11.7. The average molecular weight is 276 g/mol. The van der Waals surface area contributed by atoms with E-state index in [2.05, 4.69) is 5.32 Å². The second-order valence-corrected chi connectivity index (χ2v) is 5.05. The normalized spacial score (nSPS) is 18.1.